The summed E-state index contributed by atoms with van der Waals surface area (Å²) < 4.78 is 12.9. The van der Waals surface area contributed by atoms with Gasteiger partial charge in [0.2, 0.25) is 0 Å². The predicted octanol–water partition coefficient (Wildman–Crippen LogP) is 1.73. The number of amides is 1. The van der Waals surface area contributed by atoms with E-state index in [1.54, 1.807) is 5.32 Å². The van der Waals surface area contributed by atoms with Gasteiger partial charge in [-0.15, -0.1) is 0 Å². The van der Waals surface area contributed by atoms with E-state index in [9.17, 15) is 14.0 Å². The first kappa shape index (κ1) is 9.18. The molecule has 13 heavy (non-hydrogen) atoms. The lowest BCUT2D eigenvalue weighted by Crippen LogP contribution is -2.10. The van der Waals surface area contributed by atoms with E-state index >= 15 is 0 Å². The first-order valence-corrected chi connectivity index (χ1v) is 3.39. The zero-order valence-electron chi connectivity index (χ0n) is 6.45. The highest BCUT2D eigenvalue weighted by Crippen LogP contribution is 2.17. The highest BCUT2D eigenvalue weighted by molar-refractivity contribution is 5.92. The van der Waals surface area contributed by atoms with Crippen molar-refractivity contribution < 1.29 is 19.1 Å². The van der Waals surface area contributed by atoms with Gasteiger partial charge in [-0.25, -0.2) is 9.18 Å². The number of anilines is 1. The number of carbonyl (C=O) groups excluding carboxylic acids is 1. The summed E-state index contributed by atoms with van der Waals surface area (Å²) in [6.45, 7) is 0. The van der Waals surface area contributed by atoms with Crippen LogP contribution >= 0.6 is 0 Å². The molecule has 2 N–H and O–H groups in total. The second-order valence-corrected chi connectivity index (χ2v) is 2.25. The van der Waals surface area contributed by atoms with Crippen LogP contribution in [0, 0.1) is 5.82 Å². The third kappa shape index (κ3) is 2.02. The fourth-order valence-corrected chi connectivity index (χ4v) is 0.878. The zero-order chi connectivity index (χ0) is 9.84. The van der Waals surface area contributed by atoms with Crippen LogP contribution < -0.4 is 5.32 Å². The fourth-order valence-electron chi connectivity index (χ4n) is 0.878. The molecular formula is C8H6FNO3. The van der Waals surface area contributed by atoms with Crippen molar-refractivity contribution in [2.24, 2.45) is 0 Å². The predicted molar refractivity (Wildman–Crippen MR) is 43.4 cm³/mol. The van der Waals surface area contributed by atoms with Crippen molar-refractivity contribution in [2.75, 3.05) is 5.32 Å². The molecule has 0 fully saturated rings. The summed E-state index contributed by atoms with van der Waals surface area (Å²) in [7, 11) is 0. The van der Waals surface area contributed by atoms with Gasteiger partial charge in [-0.2, -0.15) is 0 Å². The van der Waals surface area contributed by atoms with Crippen molar-refractivity contribution in [2.45, 2.75) is 0 Å². The van der Waals surface area contributed by atoms with E-state index in [4.69, 9.17) is 5.11 Å². The molecule has 0 aliphatic rings. The largest absolute Gasteiger partial charge is 0.465 e. The van der Waals surface area contributed by atoms with Gasteiger partial charge >= 0.3 is 6.09 Å². The molecule has 0 spiro atoms. The van der Waals surface area contributed by atoms with Gasteiger partial charge in [0.1, 0.15) is 5.82 Å². The molecular weight excluding hydrogens is 177 g/mol. The molecule has 0 unspecified atom stereocenters. The van der Waals surface area contributed by atoms with Gasteiger partial charge in [0.05, 0.1) is 5.69 Å². The smallest absolute Gasteiger partial charge is 0.409 e. The van der Waals surface area contributed by atoms with Crippen molar-refractivity contribution in [3.05, 3.63) is 29.6 Å². The van der Waals surface area contributed by atoms with E-state index in [2.05, 4.69) is 0 Å². The van der Waals surface area contributed by atoms with E-state index in [1.165, 1.54) is 12.1 Å². The van der Waals surface area contributed by atoms with Crippen molar-refractivity contribution >= 4 is 18.1 Å². The van der Waals surface area contributed by atoms with Crippen LogP contribution in [0.25, 0.3) is 0 Å². The van der Waals surface area contributed by atoms with Crippen molar-refractivity contribution in [3.63, 3.8) is 0 Å². The number of carbonyl (C=O) groups is 2. The third-order valence-corrected chi connectivity index (χ3v) is 1.40. The Balaban J connectivity index is 3.14. The number of hydrogen-bond donors (Lipinski definition) is 2. The normalized spacial score (nSPS) is 9.31. The molecule has 0 saturated carbocycles. The lowest BCUT2D eigenvalue weighted by molar-refractivity contribution is 0.112. The molecule has 4 nitrogen and oxygen atoms in total. The number of hydrogen-bond acceptors (Lipinski definition) is 2. The van der Waals surface area contributed by atoms with Crippen LogP contribution in [0.3, 0.4) is 0 Å². The minimum Gasteiger partial charge on any atom is -0.465 e. The third-order valence-electron chi connectivity index (χ3n) is 1.40. The van der Waals surface area contributed by atoms with Crippen LogP contribution in [0.1, 0.15) is 10.4 Å². The number of carboxylic acid groups (broad SMARTS) is 1. The Morgan fingerprint density at radius 3 is 2.77 bits per heavy atom. The van der Waals surface area contributed by atoms with Gasteiger partial charge in [0.15, 0.2) is 6.29 Å². The lowest BCUT2D eigenvalue weighted by Gasteiger charge is -2.04. The number of para-hydroxylation sites is 1. The molecule has 0 aliphatic carbocycles. The maximum atomic E-state index is 12.9. The molecule has 0 aromatic heterocycles. The summed E-state index contributed by atoms with van der Waals surface area (Å²) in [6.07, 6.45) is -1.03. The highest BCUT2D eigenvalue weighted by atomic mass is 19.1. The van der Waals surface area contributed by atoms with Crippen LogP contribution in [-0.4, -0.2) is 17.5 Å². The number of rotatable bonds is 2. The maximum Gasteiger partial charge on any atom is 0.409 e. The first-order valence-electron chi connectivity index (χ1n) is 3.39. The molecule has 0 bridgehead atoms. The molecule has 1 rings (SSSR count). The lowest BCUT2D eigenvalue weighted by atomic mass is 10.2. The minimum atomic E-state index is -1.41. The Hall–Kier alpha value is -1.91. The highest BCUT2D eigenvalue weighted by Gasteiger charge is 2.09. The van der Waals surface area contributed by atoms with E-state index in [0.717, 1.165) is 6.07 Å². The summed E-state index contributed by atoms with van der Waals surface area (Å²) in [5, 5.41) is 10.1. The Kier molecular flexibility index (Phi) is 2.59. The number of nitrogens with one attached hydrogen (secondary N) is 1. The van der Waals surface area contributed by atoms with E-state index in [0.29, 0.717) is 6.29 Å². The molecule has 1 amide bonds. The van der Waals surface area contributed by atoms with E-state index in [-0.39, 0.29) is 11.3 Å². The summed E-state index contributed by atoms with van der Waals surface area (Å²) in [5.41, 5.74) is -0.340. The monoisotopic (exact) mass is 183 g/mol. The molecule has 0 atom stereocenters. The quantitative estimate of drug-likeness (QED) is 0.686. The van der Waals surface area contributed by atoms with Gasteiger partial charge in [-0.1, -0.05) is 6.07 Å². The molecule has 1 aromatic carbocycles. The second-order valence-electron chi connectivity index (χ2n) is 2.25. The zero-order valence-corrected chi connectivity index (χ0v) is 6.45. The van der Waals surface area contributed by atoms with Crippen LogP contribution in [0.2, 0.25) is 0 Å². The van der Waals surface area contributed by atoms with Gasteiger partial charge < -0.3 is 5.11 Å². The molecule has 0 radical (unpaired) electrons. The van der Waals surface area contributed by atoms with Crippen LogP contribution in [0.5, 0.6) is 0 Å². The molecule has 68 valence electrons. The average Bonchev–Trinajstić information content (AvgIpc) is 2.08. The van der Waals surface area contributed by atoms with Crippen molar-refractivity contribution in [1.82, 2.24) is 0 Å². The van der Waals surface area contributed by atoms with Gasteiger partial charge in [0, 0.05) is 5.56 Å². The summed E-state index contributed by atoms with van der Waals surface area (Å²) in [6, 6.07) is 3.71. The molecule has 0 aliphatic heterocycles. The summed E-state index contributed by atoms with van der Waals surface area (Å²) in [4.78, 5) is 20.6. The Bertz CT molecular complexity index is 351. The molecule has 5 heteroatoms. The molecule has 0 saturated heterocycles. The number of halogens is 1. The van der Waals surface area contributed by atoms with E-state index < -0.39 is 11.9 Å². The maximum absolute atomic E-state index is 12.9. The Morgan fingerprint density at radius 2 is 2.23 bits per heavy atom. The topological polar surface area (TPSA) is 66.4 Å². The number of benzene rings is 1. The summed E-state index contributed by atoms with van der Waals surface area (Å²) >= 11 is 0. The fraction of sp³-hybridized carbons (Fsp3) is 0. The SMILES string of the molecule is O=Cc1cccc(F)c1NC(=O)O. The molecule has 0 heterocycles. The summed E-state index contributed by atoms with van der Waals surface area (Å²) in [5.74, 6) is -0.771. The van der Waals surface area contributed by atoms with Crippen LogP contribution in [0.4, 0.5) is 14.9 Å². The molecule has 1 aromatic rings. The Labute approximate surface area is 73.0 Å². The Morgan fingerprint density at radius 1 is 1.54 bits per heavy atom. The van der Waals surface area contributed by atoms with Gasteiger partial charge in [0.25, 0.3) is 0 Å². The average molecular weight is 183 g/mol. The van der Waals surface area contributed by atoms with Crippen molar-refractivity contribution in [3.8, 4) is 0 Å². The standard InChI is InChI=1S/C8H6FNO3/c9-6-3-1-2-5(4-11)7(6)10-8(12)13/h1-4,10H,(H,12,13). The van der Waals surface area contributed by atoms with Gasteiger partial charge in [-0.3, -0.25) is 10.1 Å². The van der Waals surface area contributed by atoms with E-state index in [1.807, 2.05) is 0 Å². The van der Waals surface area contributed by atoms with Gasteiger partial charge in [-0.05, 0) is 12.1 Å². The van der Waals surface area contributed by atoms with Crippen LogP contribution in [0.15, 0.2) is 18.2 Å². The minimum absolute atomic E-state index is 0.0256. The van der Waals surface area contributed by atoms with Crippen LogP contribution in [-0.2, 0) is 0 Å². The second kappa shape index (κ2) is 3.66. The number of aldehydes is 1. The first-order chi connectivity index (χ1) is 6.15. The van der Waals surface area contributed by atoms with Crippen molar-refractivity contribution in [1.29, 1.82) is 0 Å².